The molecule has 174 valence electrons. The Kier molecular flexibility index (Phi) is 4.91. The van der Waals surface area contributed by atoms with E-state index in [4.69, 9.17) is 0 Å². The Labute approximate surface area is 198 Å². The molecular weight excluding hydrogens is 460 g/mol. The molecule has 2 atom stereocenters. The van der Waals surface area contributed by atoms with E-state index in [0.29, 0.717) is 18.5 Å². The van der Waals surface area contributed by atoms with Crippen LogP contribution in [0, 0.1) is 11.6 Å². The van der Waals surface area contributed by atoms with Gasteiger partial charge in [-0.1, -0.05) is 24.3 Å². The maximum absolute atomic E-state index is 15.1. The van der Waals surface area contributed by atoms with Gasteiger partial charge in [-0.2, -0.15) is 0 Å². The standard InChI is InChI=1S/C25H21F2N3O3S/c26-17-9-8-14-16(21(17)27)13-34-19-6-2-1-5-15(19)22(14)30-20-7-3-4-11-28(20)25(33)23-24(32)18(31)10-12-29(23)30/h1-2,5-6,8-10,12,20,22,32H,3-4,7,11,13H2/t20-,22+/m1/s1. The number of hydrogen-bond acceptors (Lipinski definition) is 5. The van der Waals surface area contributed by atoms with Crippen molar-refractivity contribution >= 4 is 17.7 Å². The van der Waals surface area contributed by atoms with E-state index in [-0.39, 0.29) is 23.2 Å². The summed E-state index contributed by atoms with van der Waals surface area (Å²) in [5.74, 6) is -2.53. The number of carbonyl (C=O) groups excluding carboxylic acids is 1. The lowest BCUT2D eigenvalue weighted by molar-refractivity contribution is 0.0462. The first kappa shape index (κ1) is 21.2. The third-order valence-corrected chi connectivity index (χ3v) is 8.04. The number of halogens is 2. The van der Waals surface area contributed by atoms with E-state index in [0.717, 1.165) is 29.4 Å². The van der Waals surface area contributed by atoms with Crippen molar-refractivity contribution in [2.75, 3.05) is 11.6 Å². The zero-order valence-corrected chi connectivity index (χ0v) is 18.9. The number of thioether (sulfide) groups is 1. The number of pyridine rings is 1. The average molecular weight is 482 g/mol. The number of carbonyl (C=O) groups is 1. The molecule has 0 saturated carbocycles. The second-order valence-corrected chi connectivity index (χ2v) is 9.75. The van der Waals surface area contributed by atoms with Crippen LogP contribution in [0.5, 0.6) is 5.75 Å². The Morgan fingerprint density at radius 1 is 1.00 bits per heavy atom. The highest BCUT2D eigenvalue weighted by atomic mass is 32.2. The van der Waals surface area contributed by atoms with Gasteiger partial charge in [0.05, 0.1) is 6.04 Å². The summed E-state index contributed by atoms with van der Waals surface area (Å²) in [6.07, 6.45) is 3.48. The topological polar surface area (TPSA) is 65.8 Å². The van der Waals surface area contributed by atoms with E-state index in [1.807, 2.05) is 29.3 Å². The molecule has 1 saturated heterocycles. The minimum absolute atomic E-state index is 0.107. The van der Waals surface area contributed by atoms with Gasteiger partial charge in [0.25, 0.3) is 5.91 Å². The van der Waals surface area contributed by atoms with Crippen molar-refractivity contribution in [3.05, 3.63) is 92.9 Å². The smallest absolute Gasteiger partial charge is 0.278 e. The molecule has 1 amide bonds. The van der Waals surface area contributed by atoms with Gasteiger partial charge in [0.1, 0.15) is 6.17 Å². The van der Waals surface area contributed by atoms with Gasteiger partial charge in [-0.25, -0.2) is 8.78 Å². The summed E-state index contributed by atoms with van der Waals surface area (Å²) in [5, 5.41) is 12.6. The lowest BCUT2D eigenvalue weighted by Gasteiger charge is -2.51. The summed E-state index contributed by atoms with van der Waals surface area (Å²) < 4.78 is 30.9. The van der Waals surface area contributed by atoms with Gasteiger partial charge >= 0.3 is 0 Å². The van der Waals surface area contributed by atoms with Gasteiger partial charge in [-0.15, -0.1) is 11.8 Å². The molecule has 0 unspecified atom stereocenters. The largest absolute Gasteiger partial charge is 0.502 e. The molecule has 6 rings (SSSR count). The molecule has 34 heavy (non-hydrogen) atoms. The Bertz CT molecular complexity index is 1390. The predicted octanol–water partition coefficient (Wildman–Crippen LogP) is 4.13. The van der Waals surface area contributed by atoms with Crippen molar-refractivity contribution in [1.82, 2.24) is 9.58 Å². The van der Waals surface area contributed by atoms with Crippen LogP contribution in [-0.4, -0.2) is 33.3 Å². The van der Waals surface area contributed by atoms with Crippen LogP contribution >= 0.6 is 11.8 Å². The van der Waals surface area contributed by atoms with Crippen molar-refractivity contribution in [2.24, 2.45) is 0 Å². The highest BCUT2D eigenvalue weighted by molar-refractivity contribution is 7.98. The summed E-state index contributed by atoms with van der Waals surface area (Å²) in [6, 6.07) is 11.1. The lowest BCUT2D eigenvalue weighted by atomic mass is 9.92. The minimum Gasteiger partial charge on any atom is -0.502 e. The summed E-state index contributed by atoms with van der Waals surface area (Å²) in [6.45, 7) is 0.482. The van der Waals surface area contributed by atoms with Gasteiger partial charge in [0.15, 0.2) is 23.1 Å². The monoisotopic (exact) mass is 481 g/mol. The third-order valence-electron chi connectivity index (χ3n) is 6.92. The fourth-order valence-corrected chi connectivity index (χ4v) is 6.48. The van der Waals surface area contributed by atoms with Crippen LogP contribution < -0.4 is 10.4 Å². The Balaban J connectivity index is 1.67. The number of fused-ring (bicyclic) bond motifs is 4. The fraction of sp³-hybridized carbons (Fsp3) is 0.280. The lowest BCUT2D eigenvalue weighted by Crippen LogP contribution is -2.63. The molecule has 0 bridgehead atoms. The molecule has 2 aromatic carbocycles. The molecule has 3 aliphatic rings. The number of aromatic hydroxyl groups is 1. The number of piperidine rings is 1. The van der Waals surface area contributed by atoms with Crippen molar-refractivity contribution in [1.29, 1.82) is 0 Å². The van der Waals surface area contributed by atoms with Gasteiger partial charge in [-0.3, -0.25) is 19.3 Å². The van der Waals surface area contributed by atoms with Crippen LogP contribution in [0.3, 0.4) is 0 Å². The number of rotatable bonds is 1. The van der Waals surface area contributed by atoms with Gasteiger partial charge in [0.2, 0.25) is 5.43 Å². The fourth-order valence-electron chi connectivity index (χ4n) is 5.36. The molecule has 1 N–H and O–H groups in total. The molecule has 0 aliphatic carbocycles. The van der Waals surface area contributed by atoms with Crippen LogP contribution in [0.1, 0.15) is 52.5 Å². The predicted molar refractivity (Wildman–Crippen MR) is 123 cm³/mol. The van der Waals surface area contributed by atoms with E-state index in [2.05, 4.69) is 0 Å². The number of benzene rings is 2. The minimum atomic E-state index is -0.904. The first-order valence-electron chi connectivity index (χ1n) is 11.2. The van der Waals surface area contributed by atoms with E-state index in [9.17, 15) is 19.1 Å². The molecule has 6 nitrogen and oxygen atoms in total. The molecule has 0 spiro atoms. The van der Waals surface area contributed by atoms with Gasteiger partial charge in [-0.05, 0) is 42.5 Å². The average Bonchev–Trinajstić information content (AvgIpc) is 3.01. The van der Waals surface area contributed by atoms with Crippen LogP contribution in [0.4, 0.5) is 8.78 Å². The number of amides is 1. The van der Waals surface area contributed by atoms with Crippen molar-refractivity contribution < 1.29 is 18.7 Å². The van der Waals surface area contributed by atoms with E-state index >= 15 is 4.39 Å². The molecule has 9 heteroatoms. The highest BCUT2D eigenvalue weighted by Crippen LogP contribution is 2.45. The summed E-state index contributed by atoms with van der Waals surface area (Å²) in [7, 11) is 0. The second-order valence-electron chi connectivity index (χ2n) is 8.73. The van der Waals surface area contributed by atoms with E-state index in [1.165, 1.54) is 28.7 Å². The maximum Gasteiger partial charge on any atom is 0.278 e. The molecule has 0 radical (unpaired) electrons. The van der Waals surface area contributed by atoms with Gasteiger partial charge in [0, 0.05) is 35.0 Å². The number of hydrogen-bond donors (Lipinski definition) is 1. The van der Waals surface area contributed by atoms with Crippen LogP contribution in [0.15, 0.2) is 58.4 Å². The summed E-state index contributed by atoms with van der Waals surface area (Å²) in [5.41, 5.74) is 1.02. The Morgan fingerprint density at radius 3 is 2.68 bits per heavy atom. The van der Waals surface area contributed by atoms with E-state index in [1.54, 1.807) is 11.0 Å². The Morgan fingerprint density at radius 2 is 1.82 bits per heavy atom. The molecular formula is C25H21F2N3O3S. The quantitative estimate of drug-likeness (QED) is 0.566. The Hall–Kier alpha value is -3.33. The first-order valence-corrected chi connectivity index (χ1v) is 12.2. The first-order chi connectivity index (χ1) is 16.5. The van der Waals surface area contributed by atoms with Crippen LogP contribution in [0.25, 0.3) is 0 Å². The highest BCUT2D eigenvalue weighted by Gasteiger charge is 2.45. The SMILES string of the molecule is O=C1c2c(O)c(=O)ccn2N([C@@H]2c3ccccc3SCc3c2ccc(F)c3F)[C@@H]2CCCCN12. The van der Waals surface area contributed by atoms with Crippen molar-refractivity contribution in [3.8, 4) is 5.75 Å². The van der Waals surface area contributed by atoms with Crippen LogP contribution in [-0.2, 0) is 5.75 Å². The molecule has 1 aromatic heterocycles. The van der Waals surface area contributed by atoms with Gasteiger partial charge < -0.3 is 10.0 Å². The number of aromatic nitrogens is 1. The molecule has 3 aromatic rings. The van der Waals surface area contributed by atoms with Crippen LogP contribution in [0.2, 0.25) is 0 Å². The summed E-state index contributed by atoms with van der Waals surface area (Å²) >= 11 is 1.44. The zero-order valence-electron chi connectivity index (χ0n) is 18.1. The van der Waals surface area contributed by atoms with E-state index < -0.39 is 34.8 Å². The second kappa shape index (κ2) is 7.87. The van der Waals surface area contributed by atoms with Crippen molar-refractivity contribution in [2.45, 2.75) is 42.1 Å². The molecule has 4 heterocycles. The van der Waals surface area contributed by atoms with Crippen molar-refractivity contribution in [3.63, 3.8) is 0 Å². The normalized spacial score (nSPS) is 21.3. The maximum atomic E-state index is 15.1. The molecule has 1 fully saturated rings. The molecule has 3 aliphatic heterocycles. The third kappa shape index (κ3) is 2.99. The number of nitrogens with zero attached hydrogens (tertiary/aromatic N) is 3. The summed E-state index contributed by atoms with van der Waals surface area (Å²) in [4.78, 5) is 28.2. The zero-order chi connectivity index (χ0) is 23.6.